The third kappa shape index (κ3) is 3.30. The average Bonchev–Trinajstić information content (AvgIpc) is 2.43. The first kappa shape index (κ1) is 16.1. The molecule has 3 aromatic rings. The van der Waals surface area contributed by atoms with Crippen LogP contribution in [-0.4, -0.2) is 31.6 Å². The molecule has 2 radical (unpaired) electrons. The largest absolute Gasteiger partial charge is 0.264 e. The van der Waals surface area contributed by atoms with Crippen molar-refractivity contribution in [2.24, 2.45) is 0 Å². The van der Waals surface area contributed by atoms with Crippen molar-refractivity contribution in [3.63, 3.8) is 0 Å². The fourth-order valence-electron chi connectivity index (χ4n) is 2.97. The highest BCUT2D eigenvalue weighted by Crippen LogP contribution is 2.46. The highest BCUT2D eigenvalue weighted by atomic mass is 32.3. The fourth-order valence-corrected chi connectivity index (χ4v) is 3.93. The van der Waals surface area contributed by atoms with E-state index in [0.717, 1.165) is 16.6 Å². The van der Waals surface area contributed by atoms with Crippen LogP contribution in [-0.2, 0) is 0 Å². The Hall–Kier alpha value is -1.74. The molecule has 0 fully saturated rings. The SMILES string of the molecule is [B]c1cc2cc(S(C)(C)C)ccc2c(-c2cc(C)cc(C)c2)n1. The number of fused-ring (bicyclic) bond motifs is 1. The Bertz CT molecular complexity index is 874. The van der Waals surface area contributed by atoms with E-state index in [1.165, 1.54) is 21.4 Å². The Morgan fingerprint density at radius 2 is 1.52 bits per heavy atom. The monoisotopic (exact) mass is 319 g/mol. The topological polar surface area (TPSA) is 12.9 Å². The predicted molar refractivity (Wildman–Crippen MR) is 106 cm³/mol. The molecule has 0 aliphatic carbocycles. The second-order valence-electron chi connectivity index (χ2n) is 6.99. The van der Waals surface area contributed by atoms with Crippen LogP contribution >= 0.6 is 10.0 Å². The van der Waals surface area contributed by atoms with Crippen molar-refractivity contribution in [2.75, 3.05) is 18.8 Å². The van der Waals surface area contributed by atoms with Gasteiger partial charge in [-0.2, -0.15) is 0 Å². The van der Waals surface area contributed by atoms with E-state index in [2.05, 4.69) is 74.0 Å². The zero-order valence-electron chi connectivity index (χ0n) is 14.5. The molecule has 0 saturated carbocycles. The van der Waals surface area contributed by atoms with Gasteiger partial charge >= 0.3 is 0 Å². The van der Waals surface area contributed by atoms with Crippen LogP contribution < -0.4 is 5.59 Å². The first-order valence-corrected chi connectivity index (χ1v) is 10.6. The average molecular weight is 319 g/mol. The third-order valence-corrected chi connectivity index (χ3v) is 5.69. The maximum absolute atomic E-state index is 6.09. The molecule has 1 heterocycles. The Morgan fingerprint density at radius 1 is 0.870 bits per heavy atom. The second kappa shape index (κ2) is 5.72. The highest BCUT2D eigenvalue weighted by Gasteiger charge is 2.12. The van der Waals surface area contributed by atoms with Gasteiger partial charge in [0.2, 0.25) is 0 Å². The minimum atomic E-state index is -0.759. The van der Waals surface area contributed by atoms with Crippen molar-refractivity contribution in [3.05, 3.63) is 53.6 Å². The lowest BCUT2D eigenvalue weighted by Gasteiger charge is -2.26. The van der Waals surface area contributed by atoms with Gasteiger partial charge in [0.25, 0.3) is 0 Å². The molecule has 0 saturated heterocycles. The van der Waals surface area contributed by atoms with Crippen molar-refractivity contribution in [2.45, 2.75) is 18.7 Å². The molecule has 0 unspecified atom stereocenters. The van der Waals surface area contributed by atoms with Gasteiger partial charge in [0.15, 0.2) is 0 Å². The summed E-state index contributed by atoms with van der Waals surface area (Å²) in [6.07, 6.45) is 6.93. The van der Waals surface area contributed by atoms with Gasteiger partial charge < -0.3 is 0 Å². The standard InChI is InChI=1S/C20H22BNS/c1-13-8-14(2)10-16(9-13)20-18-7-6-17(23(3,4)5)11-15(18)12-19(21)22-20/h6-12H,1-5H3. The number of hydrogen-bond donors (Lipinski definition) is 0. The third-order valence-electron chi connectivity index (χ3n) is 4.02. The zero-order valence-corrected chi connectivity index (χ0v) is 15.3. The van der Waals surface area contributed by atoms with E-state index in [4.69, 9.17) is 7.85 Å². The Balaban J connectivity index is 2.29. The normalized spacial score (nSPS) is 12.6. The molecular formula is C20H22BNS. The van der Waals surface area contributed by atoms with Gasteiger partial charge in [0, 0.05) is 10.9 Å². The number of nitrogens with zero attached hydrogens (tertiary/aromatic N) is 1. The first-order chi connectivity index (χ1) is 10.7. The molecule has 3 heteroatoms. The van der Waals surface area contributed by atoms with Crippen LogP contribution in [0.3, 0.4) is 0 Å². The maximum Gasteiger partial charge on any atom is 0.141 e. The summed E-state index contributed by atoms with van der Waals surface area (Å²) in [5.74, 6) is 0. The first-order valence-electron chi connectivity index (χ1n) is 7.71. The minimum absolute atomic E-state index is 0.577. The van der Waals surface area contributed by atoms with Crippen molar-refractivity contribution < 1.29 is 0 Å². The van der Waals surface area contributed by atoms with E-state index in [1.807, 2.05) is 6.07 Å². The summed E-state index contributed by atoms with van der Waals surface area (Å²) >= 11 is 0. The van der Waals surface area contributed by atoms with Crippen LogP contribution in [0, 0.1) is 13.8 Å². The van der Waals surface area contributed by atoms with Crippen molar-refractivity contribution in [3.8, 4) is 11.3 Å². The molecule has 1 nitrogen and oxygen atoms in total. The number of pyridine rings is 1. The number of aromatic nitrogens is 1. The van der Waals surface area contributed by atoms with Crippen molar-refractivity contribution in [1.82, 2.24) is 4.98 Å². The van der Waals surface area contributed by atoms with Gasteiger partial charge in [-0.05, 0) is 78.8 Å². The van der Waals surface area contributed by atoms with E-state index < -0.39 is 10.0 Å². The fraction of sp³-hybridized carbons (Fsp3) is 0.250. The van der Waals surface area contributed by atoms with E-state index in [-0.39, 0.29) is 0 Å². The van der Waals surface area contributed by atoms with Gasteiger partial charge in [0.1, 0.15) is 7.85 Å². The van der Waals surface area contributed by atoms with E-state index in [1.54, 1.807) is 0 Å². The van der Waals surface area contributed by atoms with E-state index in [9.17, 15) is 0 Å². The Labute approximate surface area is 141 Å². The van der Waals surface area contributed by atoms with Crippen molar-refractivity contribution in [1.29, 1.82) is 0 Å². The number of aryl methyl sites for hydroxylation is 2. The van der Waals surface area contributed by atoms with E-state index in [0.29, 0.717) is 5.59 Å². The number of rotatable bonds is 2. The summed E-state index contributed by atoms with van der Waals surface area (Å²) in [6.45, 7) is 4.23. The van der Waals surface area contributed by atoms with Crippen LogP contribution in [0.4, 0.5) is 0 Å². The lowest BCUT2D eigenvalue weighted by Crippen LogP contribution is -2.09. The zero-order chi connectivity index (χ0) is 16.8. The lowest BCUT2D eigenvalue weighted by atomic mass is 9.95. The Kier molecular flexibility index (Phi) is 4.01. The highest BCUT2D eigenvalue weighted by molar-refractivity contribution is 8.32. The quantitative estimate of drug-likeness (QED) is 0.639. The Morgan fingerprint density at radius 3 is 2.13 bits per heavy atom. The van der Waals surface area contributed by atoms with Crippen LogP contribution in [0.15, 0.2) is 47.4 Å². The molecule has 0 atom stereocenters. The molecule has 0 aliphatic heterocycles. The molecule has 0 amide bonds. The van der Waals surface area contributed by atoms with E-state index >= 15 is 0 Å². The minimum Gasteiger partial charge on any atom is -0.264 e. The van der Waals surface area contributed by atoms with Crippen LogP contribution in [0.1, 0.15) is 11.1 Å². The van der Waals surface area contributed by atoms with Gasteiger partial charge in [-0.15, -0.1) is 0 Å². The molecule has 0 N–H and O–H groups in total. The van der Waals surface area contributed by atoms with Crippen LogP contribution in [0.5, 0.6) is 0 Å². The number of benzene rings is 2. The summed E-state index contributed by atoms with van der Waals surface area (Å²) in [4.78, 5) is 6.02. The molecule has 2 aromatic carbocycles. The van der Waals surface area contributed by atoms with Gasteiger partial charge in [-0.25, -0.2) is 10.0 Å². The van der Waals surface area contributed by atoms with Gasteiger partial charge in [-0.1, -0.05) is 23.3 Å². The van der Waals surface area contributed by atoms with Gasteiger partial charge in [-0.3, -0.25) is 4.98 Å². The second-order valence-corrected chi connectivity index (χ2v) is 11.1. The molecule has 23 heavy (non-hydrogen) atoms. The maximum atomic E-state index is 6.09. The molecule has 0 spiro atoms. The molecule has 3 rings (SSSR count). The summed E-state index contributed by atoms with van der Waals surface area (Å²) in [6, 6.07) is 15.2. The summed E-state index contributed by atoms with van der Waals surface area (Å²) < 4.78 is 0. The summed E-state index contributed by atoms with van der Waals surface area (Å²) in [5, 5.41) is 2.34. The lowest BCUT2D eigenvalue weighted by molar-refractivity contribution is 1.35. The molecular weight excluding hydrogens is 297 g/mol. The molecule has 116 valence electrons. The van der Waals surface area contributed by atoms with Crippen molar-refractivity contribution >= 4 is 34.2 Å². The number of hydrogen-bond acceptors (Lipinski definition) is 1. The molecule has 1 aromatic heterocycles. The van der Waals surface area contributed by atoms with Crippen LogP contribution in [0.2, 0.25) is 0 Å². The van der Waals surface area contributed by atoms with Crippen LogP contribution in [0.25, 0.3) is 22.0 Å². The summed E-state index contributed by atoms with van der Waals surface area (Å²) in [5.41, 5.74) is 5.17. The predicted octanol–water partition coefficient (Wildman–Crippen LogP) is 4.37. The van der Waals surface area contributed by atoms with Gasteiger partial charge in [0.05, 0.1) is 5.69 Å². The molecule has 0 aliphatic rings. The molecule has 0 bridgehead atoms. The summed E-state index contributed by atoms with van der Waals surface area (Å²) in [7, 11) is 5.33. The smallest absolute Gasteiger partial charge is 0.141 e.